The number of nitriles is 3. The second kappa shape index (κ2) is 6.57. The number of allylic oxidation sites excluding steroid dienone is 1. The van der Waals surface area contributed by atoms with Crippen LogP contribution in [0.2, 0.25) is 0 Å². The van der Waals surface area contributed by atoms with Crippen molar-refractivity contribution in [2.24, 2.45) is 0 Å². The van der Waals surface area contributed by atoms with Crippen LogP contribution in [-0.4, -0.2) is 19.9 Å². The third-order valence-electron chi connectivity index (χ3n) is 2.96. The Morgan fingerprint density at radius 1 is 1.08 bits per heavy atom. The zero-order chi connectivity index (χ0) is 18.0. The van der Waals surface area contributed by atoms with Crippen LogP contribution in [0.15, 0.2) is 32.6 Å². The van der Waals surface area contributed by atoms with Crippen LogP contribution >= 0.6 is 23.5 Å². The molecule has 0 bridgehead atoms. The molecule has 0 N–H and O–H groups in total. The highest BCUT2D eigenvalue weighted by Gasteiger charge is 2.27. The van der Waals surface area contributed by atoms with Crippen LogP contribution < -0.4 is 0 Å². The van der Waals surface area contributed by atoms with Gasteiger partial charge in [0.05, 0.1) is 20.4 Å². The van der Waals surface area contributed by atoms with Crippen LogP contribution in [0.5, 0.6) is 0 Å². The second-order valence-electron chi connectivity index (χ2n) is 4.39. The maximum atomic E-state index is 10.7. The van der Waals surface area contributed by atoms with Crippen LogP contribution in [0.4, 0.5) is 5.69 Å². The first kappa shape index (κ1) is 16.4. The van der Waals surface area contributed by atoms with Crippen molar-refractivity contribution < 1.29 is 4.92 Å². The molecule has 0 saturated heterocycles. The molecule has 0 fully saturated rings. The molecule has 0 saturated carbocycles. The fourth-order valence-electron chi connectivity index (χ4n) is 1.84. The van der Waals surface area contributed by atoms with Crippen molar-refractivity contribution in [3.05, 3.63) is 49.8 Å². The predicted octanol–water partition coefficient (Wildman–Crippen LogP) is 2.61. The number of thioether (sulfide) groups is 2. The van der Waals surface area contributed by atoms with E-state index >= 15 is 0 Å². The molecule has 2 aromatic heterocycles. The van der Waals surface area contributed by atoms with Gasteiger partial charge in [-0.05, 0) is 6.07 Å². The minimum Gasteiger partial charge on any atom is -0.258 e. The summed E-state index contributed by atoms with van der Waals surface area (Å²) in [5.41, 5.74) is 0.144. The van der Waals surface area contributed by atoms with Crippen molar-refractivity contribution in [1.82, 2.24) is 15.0 Å². The molecule has 0 unspecified atom stereocenters. The van der Waals surface area contributed by atoms with Crippen LogP contribution in [0.25, 0.3) is 5.57 Å². The molecule has 118 valence electrons. The van der Waals surface area contributed by atoms with Gasteiger partial charge in [-0.25, -0.2) is 15.0 Å². The number of aromatic nitrogens is 3. The number of hydrogen-bond acceptors (Lipinski definition) is 10. The van der Waals surface area contributed by atoms with Gasteiger partial charge in [0.2, 0.25) is 0 Å². The standard InChI is InChI=1S/C14H3N7O2S2/c15-3-8(9-2-1-7(6-18-9)21(22)23)14-24-12-13(25-14)20-11(5-17)10(4-16)19-12/h1-2,6H. The van der Waals surface area contributed by atoms with Gasteiger partial charge in [-0.15, -0.1) is 0 Å². The maximum absolute atomic E-state index is 10.7. The molecular formula is C14H3N7O2S2. The van der Waals surface area contributed by atoms with Crippen LogP contribution in [-0.2, 0) is 0 Å². The number of pyridine rings is 1. The molecule has 1 aliphatic heterocycles. The second-order valence-corrected chi connectivity index (χ2v) is 6.65. The van der Waals surface area contributed by atoms with E-state index < -0.39 is 4.92 Å². The summed E-state index contributed by atoms with van der Waals surface area (Å²) >= 11 is 2.27. The molecule has 0 amide bonds. The topological polar surface area (TPSA) is 153 Å². The fourth-order valence-corrected chi connectivity index (χ4v) is 4.13. The number of nitro groups is 1. The van der Waals surface area contributed by atoms with Crippen molar-refractivity contribution in [2.75, 3.05) is 0 Å². The Morgan fingerprint density at radius 2 is 1.68 bits per heavy atom. The Labute approximate surface area is 148 Å². The number of fused-ring (bicyclic) bond motifs is 1. The lowest BCUT2D eigenvalue weighted by Gasteiger charge is -2.00. The van der Waals surface area contributed by atoms with E-state index in [-0.39, 0.29) is 28.3 Å². The first-order chi connectivity index (χ1) is 12.1. The van der Waals surface area contributed by atoms with Crippen molar-refractivity contribution >= 4 is 34.8 Å². The van der Waals surface area contributed by atoms with E-state index in [0.29, 0.717) is 14.3 Å². The lowest BCUT2D eigenvalue weighted by Crippen LogP contribution is -1.96. The van der Waals surface area contributed by atoms with Crippen LogP contribution in [0, 0.1) is 44.1 Å². The van der Waals surface area contributed by atoms with Gasteiger partial charge in [-0.1, -0.05) is 23.5 Å². The highest BCUT2D eigenvalue weighted by molar-refractivity contribution is 8.24. The number of rotatable bonds is 2. The van der Waals surface area contributed by atoms with E-state index in [0.717, 1.165) is 29.7 Å². The van der Waals surface area contributed by atoms with E-state index in [1.165, 1.54) is 12.1 Å². The largest absolute Gasteiger partial charge is 0.287 e. The lowest BCUT2D eigenvalue weighted by atomic mass is 10.2. The first-order valence-electron chi connectivity index (χ1n) is 6.40. The van der Waals surface area contributed by atoms with Gasteiger partial charge >= 0.3 is 0 Å². The molecule has 9 nitrogen and oxygen atoms in total. The molecule has 1 aliphatic rings. The Hall–Kier alpha value is -3.46. The van der Waals surface area contributed by atoms with E-state index in [1.807, 2.05) is 6.07 Å². The van der Waals surface area contributed by atoms with Crippen LogP contribution in [0.1, 0.15) is 17.1 Å². The number of nitrogens with zero attached hydrogens (tertiary/aromatic N) is 7. The van der Waals surface area contributed by atoms with E-state index in [1.54, 1.807) is 12.1 Å². The van der Waals surface area contributed by atoms with Gasteiger partial charge in [0.15, 0.2) is 11.4 Å². The molecule has 0 aromatic carbocycles. The Kier molecular flexibility index (Phi) is 4.31. The molecule has 3 heterocycles. The molecule has 25 heavy (non-hydrogen) atoms. The van der Waals surface area contributed by atoms with Gasteiger partial charge in [-0.3, -0.25) is 10.1 Å². The Balaban J connectivity index is 2.03. The quantitative estimate of drug-likeness (QED) is 0.440. The summed E-state index contributed by atoms with van der Waals surface area (Å²) in [6, 6.07) is 8.28. The minimum atomic E-state index is -0.578. The fraction of sp³-hybridized carbons (Fsp3) is 0. The summed E-state index contributed by atoms with van der Waals surface area (Å²) in [5.74, 6) is 0. The maximum Gasteiger partial charge on any atom is 0.287 e. The minimum absolute atomic E-state index is 0.0810. The first-order valence-corrected chi connectivity index (χ1v) is 8.03. The molecule has 3 rings (SSSR count). The van der Waals surface area contributed by atoms with Gasteiger partial charge in [0.25, 0.3) is 5.69 Å². The predicted molar refractivity (Wildman–Crippen MR) is 86.6 cm³/mol. The van der Waals surface area contributed by atoms with Gasteiger partial charge in [-0.2, -0.15) is 15.8 Å². The molecule has 11 heteroatoms. The zero-order valence-corrected chi connectivity index (χ0v) is 13.6. The average molecular weight is 365 g/mol. The third kappa shape index (κ3) is 3.00. The lowest BCUT2D eigenvalue weighted by molar-refractivity contribution is -0.385. The van der Waals surface area contributed by atoms with Gasteiger partial charge in [0.1, 0.15) is 34.5 Å². The highest BCUT2D eigenvalue weighted by atomic mass is 32.2. The summed E-state index contributed by atoms with van der Waals surface area (Å²) in [7, 11) is 0. The van der Waals surface area contributed by atoms with E-state index in [9.17, 15) is 15.4 Å². The summed E-state index contributed by atoms with van der Waals surface area (Å²) in [5, 5.41) is 39.0. The summed E-state index contributed by atoms with van der Waals surface area (Å²) in [6.45, 7) is 0. The van der Waals surface area contributed by atoms with Crippen LogP contribution in [0.3, 0.4) is 0 Å². The highest BCUT2D eigenvalue weighted by Crippen LogP contribution is 2.51. The average Bonchev–Trinajstić information content (AvgIpc) is 3.03. The normalized spacial score (nSPS) is 11.8. The summed E-state index contributed by atoms with van der Waals surface area (Å²) in [4.78, 5) is 22.2. The molecule has 0 radical (unpaired) electrons. The molecule has 0 spiro atoms. The van der Waals surface area contributed by atoms with Crippen molar-refractivity contribution in [1.29, 1.82) is 15.8 Å². The van der Waals surface area contributed by atoms with Crippen molar-refractivity contribution in [2.45, 2.75) is 10.1 Å². The van der Waals surface area contributed by atoms with Gasteiger partial charge < -0.3 is 0 Å². The molecule has 0 atom stereocenters. The summed E-state index contributed by atoms with van der Waals surface area (Å²) < 4.78 is 0.526. The van der Waals surface area contributed by atoms with Crippen molar-refractivity contribution in [3.63, 3.8) is 0 Å². The van der Waals surface area contributed by atoms with Crippen molar-refractivity contribution in [3.8, 4) is 18.2 Å². The SMILES string of the molecule is N#CC(=C1Sc2nc(C#N)c(C#N)nc2S1)c1ccc([N+](=O)[O-])cn1. The molecule has 2 aromatic rings. The monoisotopic (exact) mass is 365 g/mol. The number of hydrogen-bond donors (Lipinski definition) is 0. The Morgan fingerprint density at radius 3 is 2.08 bits per heavy atom. The molecule has 0 aliphatic carbocycles. The van der Waals surface area contributed by atoms with Gasteiger partial charge in [0, 0.05) is 6.07 Å². The third-order valence-corrected chi connectivity index (χ3v) is 5.32. The van der Waals surface area contributed by atoms with E-state index in [2.05, 4.69) is 15.0 Å². The Bertz CT molecular complexity index is 1010. The smallest absolute Gasteiger partial charge is 0.258 e. The summed E-state index contributed by atoms with van der Waals surface area (Å²) in [6.07, 6.45) is 1.07. The van der Waals surface area contributed by atoms with E-state index in [4.69, 9.17) is 10.5 Å². The molecular weight excluding hydrogens is 362 g/mol. The zero-order valence-electron chi connectivity index (χ0n) is 12.0.